The number of carbonyl (C=O) groups is 1. The van der Waals surface area contributed by atoms with E-state index in [4.69, 9.17) is 0 Å². The molecule has 0 unspecified atom stereocenters. The molecule has 1 aromatic carbocycles. The number of aryl methyl sites for hydroxylation is 1. The van der Waals surface area contributed by atoms with E-state index in [0.29, 0.717) is 31.8 Å². The van der Waals surface area contributed by atoms with Crippen molar-refractivity contribution >= 4 is 5.91 Å². The minimum absolute atomic E-state index is 0.0509. The summed E-state index contributed by atoms with van der Waals surface area (Å²) in [6, 6.07) is 10.2. The second-order valence-corrected chi connectivity index (χ2v) is 7.45. The number of aromatic nitrogens is 2. The number of carbonyl (C=O) groups excluding carboxylic acids is 1. The second-order valence-electron chi connectivity index (χ2n) is 7.45. The Kier molecular flexibility index (Phi) is 5.23. The summed E-state index contributed by atoms with van der Waals surface area (Å²) in [5, 5.41) is 17.5. The van der Waals surface area contributed by atoms with E-state index in [0.717, 1.165) is 17.0 Å². The zero-order chi connectivity index (χ0) is 18.0. The Hall–Kier alpha value is -2.14. The Labute approximate surface area is 149 Å². The van der Waals surface area contributed by atoms with E-state index in [-0.39, 0.29) is 11.8 Å². The smallest absolute Gasteiger partial charge is 0.227 e. The fourth-order valence-corrected chi connectivity index (χ4v) is 3.41. The molecule has 0 radical (unpaired) electrons. The molecular formula is C20H27N3O2. The van der Waals surface area contributed by atoms with Crippen LogP contribution in [0.4, 0.5) is 0 Å². The average molecular weight is 341 g/mol. The van der Waals surface area contributed by atoms with Gasteiger partial charge in [0, 0.05) is 24.7 Å². The monoisotopic (exact) mass is 341 g/mol. The number of hydrogen-bond donors (Lipinski definition) is 2. The first-order valence-electron chi connectivity index (χ1n) is 8.98. The summed E-state index contributed by atoms with van der Waals surface area (Å²) in [7, 11) is 0. The minimum atomic E-state index is -0.482. The number of aromatic amines is 1. The van der Waals surface area contributed by atoms with Crippen LogP contribution in [0.3, 0.4) is 0 Å². The van der Waals surface area contributed by atoms with Crippen molar-refractivity contribution < 1.29 is 9.90 Å². The molecule has 0 aliphatic carbocycles. The van der Waals surface area contributed by atoms with E-state index in [1.807, 2.05) is 25.1 Å². The van der Waals surface area contributed by atoms with Crippen molar-refractivity contribution in [3.8, 4) is 0 Å². The average Bonchev–Trinajstić information content (AvgIpc) is 3.14. The minimum Gasteiger partial charge on any atom is -0.391 e. The van der Waals surface area contributed by atoms with E-state index in [9.17, 15) is 9.90 Å². The van der Waals surface area contributed by atoms with Gasteiger partial charge in [0.2, 0.25) is 5.91 Å². The summed E-state index contributed by atoms with van der Waals surface area (Å²) in [5.41, 5.74) is 4.26. The van der Waals surface area contributed by atoms with E-state index < -0.39 is 6.10 Å². The maximum atomic E-state index is 12.6. The van der Waals surface area contributed by atoms with Gasteiger partial charge in [-0.25, -0.2) is 0 Å². The third-order valence-electron chi connectivity index (χ3n) is 4.99. The van der Waals surface area contributed by atoms with Crippen molar-refractivity contribution in [2.24, 2.45) is 5.92 Å². The highest BCUT2D eigenvalue weighted by Gasteiger charge is 2.34. The van der Waals surface area contributed by atoms with Gasteiger partial charge in [-0.1, -0.05) is 38.1 Å². The summed E-state index contributed by atoms with van der Waals surface area (Å²) in [5.74, 6) is 0.622. The van der Waals surface area contributed by atoms with Crippen LogP contribution >= 0.6 is 0 Å². The molecule has 0 bridgehead atoms. The van der Waals surface area contributed by atoms with Crippen LogP contribution in [0.5, 0.6) is 0 Å². The van der Waals surface area contributed by atoms with Crippen molar-refractivity contribution in [3.05, 3.63) is 52.8 Å². The number of H-pyrrole nitrogens is 1. The molecule has 0 spiro atoms. The van der Waals surface area contributed by atoms with Crippen LogP contribution in [-0.4, -0.2) is 45.3 Å². The molecule has 2 heterocycles. The predicted molar refractivity (Wildman–Crippen MR) is 97.3 cm³/mol. The molecule has 3 rings (SSSR count). The Balaban J connectivity index is 1.57. The number of aliphatic hydroxyl groups is 1. The molecule has 25 heavy (non-hydrogen) atoms. The summed E-state index contributed by atoms with van der Waals surface area (Å²) < 4.78 is 0. The molecular weight excluding hydrogens is 314 g/mol. The van der Waals surface area contributed by atoms with Gasteiger partial charge in [-0.3, -0.25) is 9.89 Å². The lowest BCUT2D eigenvalue weighted by atomic mass is 10.00. The fraction of sp³-hybridized carbons (Fsp3) is 0.500. The highest BCUT2D eigenvalue weighted by molar-refractivity contribution is 5.79. The molecule has 1 aromatic heterocycles. The zero-order valence-corrected chi connectivity index (χ0v) is 15.2. The lowest BCUT2D eigenvalue weighted by Gasteiger charge is -2.16. The molecule has 1 fully saturated rings. The van der Waals surface area contributed by atoms with Gasteiger partial charge < -0.3 is 10.0 Å². The number of rotatable bonds is 5. The molecule has 0 saturated carbocycles. The van der Waals surface area contributed by atoms with Crippen molar-refractivity contribution in [3.63, 3.8) is 0 Å². The Bertz CT molecular complexity index is 721. The largest absolute Gasteiger partial charge is 0.391 e. The number of aliphatic hydroxyl groups excluding tert-OH is 1. The molecule has 5 nitrogen and oxygen atoms in total. The maximum Gasteiger partial charge on any atom is 0.227 e. The van der Waals surface area contributed by atoms with E-state index in [1.54, 1.807) is 4.90 Å². The van der Waals surface area contributed by atoms with Gasteiger partial charge in [-0.05, 0) is 36.5 Å². The molecule has 1 aliphatic rings. The van der Waals surface area contributed by atoms with Crippen LogP contribution in [0.25, 0.3) is 0 Å². The molecule has 2 atom stereocenters. The van der Waals surface area contributed by atoms with Crippen LogP contribution in [-0.2, 0) is 17.6 Å². The van der Waals surface area contributed by atoms with Crippen molar-refractivity contribution in [2.45, 2.75) is 45.6 Å². The number of amides is 1. The van der Waals surface area contributed by atoms with Gasteiger partial charge >= 0.3 is 0 Å². The van der Waals surface area contributed by atoms with Gasteiger partial charge in [0.1, 0.15) is 0 Å². The predicted octanol–water partition coefficient (Wildman–Crippen LogP) is 2.45. The van der Waals surface area contributed by atoms with Crippen LogP contribution < -0.4 is 0 Å². The van der Waals surface area contributed by atoms with Crippen molar-refractivity contribution in [1.82, 2.24) is 15.1 Å². The van der Waals surface area contributed by atoms with Crippen molar-refractivity contribution in [2.75, 3.05) is 13.1 Å². The SMILES string of the molecule is Cc1cc(C[C@@H]2CN(C(=O)Cc3ccc(C(C)C)cc3)C[C@@H]2O)n[nH]1. The Morgan fingerprint density at radius 2 is 2.04 bits per heavy atom. The lowest BCUT2D eigenvalue weighted by Crippen LogP contribution is -2.31. The number of hydrogen-bond acceptors (Lipinski definition) is 3. The van der Waals surface area contributed by atoms with Gasteiger partial charge in [0.25, 0.3) is 0 Å². The van der Waals surface area contributed by atoms with Gasteiger partial charge in [0.15, 0.2) is 0 Å². The van der Waals surface area contributed by atoms with E-state index >= 15 is 0 Å². The Morgan fingerprint density at radius 3 is 2.64 bits per heavy atom. The summed E-state index contributed by atoms with van der Waals surface area (Å²) in [4.78, 5) is 14.4. The third kappa shape index (κ3) is 4.28. The topological polar surface area (TPSA) is 69.2 Å². The maximum absolute atomic E-state index is 12.6. The molecule has 134 valence electrons. The summed E-state index contributed by atoms with van der Waals surface area (Å²) in [6.07, 6.45) is 0.599. The highest BCUT2D eigenvalue weighted by Crippen LogP contribution is 2.22. The number of benzene rings is 1. The molecule has 5 heteroatoms. The van der Waals surface area contributed by atoms with E-state index in [2.05, 4.69) is 36.2 Å². The third-order valence-corrected chi connectivity index (χ3v) is 4.99. The highest BCUT2D eigenvalue weighted by atomic mass is 16.3. The first-order valence-corrected chi connectivity index (χ1v) is 8.98. The van der Waals surface area contributed by atoms with Crippen LogP contribution in [0.2, 0.25) is 0 Å². The van der Waals surface area contributed by atoms with Crippen molar-refractivity contribution in [1.29, 1.82) is 0 Å². The standard InChI is InChI=1S/C20H27N3O2/c1-13(2)16-6-4-15(5-7-16)9-20(25)23-11-17(19(24)12-23)10-18-8-14(3)21-22-18/h4-8,13,17,19,24H,9-12H2,1-3H3,(H,21,22)/t17-,19+/m1/s1. The summed E-state index contributed by atoms with van der Waals surface area (Å²) >= 11 is 0. The number of nitrogens with zero attached hydrogens (tertiary/aromatic N) is 2. The molecule has 1 amide bonds. The first kappa shape index (κ1) is 17.7. The molecule has 2 N–H and O–H groups in total. The molecule has 1 aliphatic heterocycles. The Morgan fingerprint density at radius 1 is 1.32 bits per heavy atom. The van der Waals surface area contributed by atoms with Gasteiger partial charge in [-0.15, -0.1) is 0 Å². The first-order chi connectivity index (χ1) is 11.9. The van der Waals surface area contributed by atoms with Gasteiger partial charge in [-0.2, -0.15) is 5.10 Å². The zero-order valence-electron chi connectivity index (χ0n) is 15.2. The van der Waals surface area contributed by atoms with E-state index in [1.165, 1.54) is 5.56 Å². The van der Waals surface area contributed by atoms with Crippen LogP contribution in [0, 0.1) is 12.8 Å². The normalized spacial score (nSPS) is 20.4. The quantitative estimate of drug-likeness (QED) is 0.878. The lowest BCUT2D eigenvalue weighted by molar-refractivity contribution is -0.129. The van der Waals surface area contributed by atoms with Crippen LogP contribution in [0.1, 0.15) is 42.3 Å². The number of nitrogens with one attached hydrogen (secondary N) is 1. The summed E-state index contributed by atoms with van der Waals surface area (Å²) in [6.45, 7) is 7.29. The number of β-amino-alcohol motifs (C(OH)–C–C–N with tert-alkyl or cyclic N) is 1. The fourth-order valence-electron chi connectivity index (χ4n) is 3.41. The van der Waals surface area contributed by atoms with Crippen LogP contribution in [0.15, 0.2) is 30.3 Å². The van der Waals surface area contributed by atoms with Gasteiger partial charge in [0.05, 0.1) is 18.2 Å². The molecule has 2 aromatic rings. The second kappa shape index (κ2) is 7.40. The number of likely N-dealkylation sites (tertiary alicyclic amines) is 1. The molecule has 1 saturated heterocycles.